The standard InChI is InChI=1S/C13H25N5O/c1-10(2)12(18-7-5-17(4)6-8-18)9-14-13-15-11(3)16-19-13/h10,12H,5-9H2,1-4H3,(H,14,15,16). The van der Waals surface area contributed by atoms with Gasteiger partial charge in [0.05, 0.1) is 0 Å². The van der Waals surface area contributed by atoms with Crippen LogP contribution in [0, 0.1) is 12.8 Å². The van der Waals surface area contributed by atoms with Crippen LogP contribution in [0.15, 0.2) is 4.52 Å². The van der Waals surface area contributed by atoms with E-state index in [1.807, 2.05) is 6.92 Å². The van der Waals surface area contributed by atoms with Crippen molar-refractivity contribution in [3.8, 4) is 0 Å². The van der Waals surface area contributed by atoms with Gasteiger partial charge in [0.1, 0.15) is 0 Å². The first-order chi connectivity index (χ1) is 9.06. The largest absolute Gasteiger partial charge is 0.336 e. The van der Waals surface area contributed by atoms with Gasteiger partial charge in [0.25, 0.3) is 0 Å². The first-order valence-electron chi connectivity index (χ1n) is 7.03. The maximum atomic E-state index is 5.10. The van der Waals surface area contributed by atoms with Gasteiger partial charge in [-0.05, 0) is 19.9 Å². The van der Waals surface area contributed by atoms with Gasteiger partial charge >= 0.3 is 6.01 Å². The molecule has 1 N–H and O–H groups in total. The van der Waals surface area contributed by atoms with Crippen molar-refractivity contribution in [3.63, 3.8) is 0 Å². The SMILES string of the molecule is Cc1noc(NCC(C(C)C)N2CCN(C)CC2)n1. The summed E-state index contributed by atoms with van der Waals surface area (Å²) in [6, 6.07) is 1.03. The normalized spacial score (nSPS) is 19.8. The molecule has 1 saturated heterocycles. The second-order valence-electron chi connectivity index (χ2n) is 5.68. The fourth-order valence-electron chi connectivity index (χ4n) is 2.50. The fourth-order valence-corrected chi connectivity index (χ4v) is 2.50. The zero-order valence-electron chi connectivity index (χ0n) is 12.4. The highest BCUT2D eigenvalue weighted by Crippen LogP contribution is 2.14. The first kappa shape index (κ1) is 14.3. The molecule has 1 aromatic heterocycles. The molecule has 1 atom stereocenters. The summed E-state index contributed by atoms with van der Waals surface area (Å²) in [6.07, 6.45) is 0. The molecule has 1 aliphatic rings. The van der Waals surface area contributed by atoms with Gasteiger partial charge in [0, 0.05) is 38.8 Å². The number of aryl methyl sites for hydroxylation is 1. The Labute approximate surface area is 115 Å². The monoisotopic (exact) mass is 267 g/mol. The van der Waals surface area contributed by atoms with Crippen LogP contribution in [0.4, 0.5) is 6.01 Å². The maximum Gasteiger partial charge on any atom is 0.321 e. The molecule has 6 heteroatoms. The number of hydrogen-bond donors (Lipinski definition) is 1. The van der Waals surface area contributed by atoms with Gasteiger partial charge in [0.2, 0.25) is 0 Å². The van der Waals surface area contributed by atoms with Gasteiger partial charge in [-0.3, -0.25) is 4.90 Å². The summed E-state index contributed by atoms with van der Waals surface area (Å²) in [6.45, 7) is 11.8. The van der Waals surface area contributed by atoms with E-state index in [2.05, 4.69) is 46.2 Å². The topological polar surface area (TPSA) is 57.4 Å². The van der Waals surface area contributed by atoms with E-state index < -0.39 is 0 Å². The Morgan fingerprint density at radius 1 is 1.26 bits per heavy atom. The smallest absolute Gasteiger partial charge is 0.321 e. The van der Waals surface area contributed by atoms with Crippen LogP contribution >= 0.6 is 0 Å². The van der Waals surface area contributed by atoms with Crippen LogP contribution in [0.1, 0.15) is 19.7 Å². The first-order valence-corrected chi connectivity index (χ1v) is 7.03. The van der Waals surface area contributed by atoms with Gasteiger partial charge in [-0.15, -0.1) is 0 Å². The molecule has 1 unspecified atom stereocenters. The number of anilines is 1. The van der Waals surface area contributed by atoms with E-state index in [9.17, 15) is 0 Å². The predicted octanol–water partition coefficient (Wildman–Crippen LogP) is 1.06. The summed E-state index contributed by atoms with van der Waals surface area (Å²) in [7, 11) is 2.18. The van der Waals surface area contributed by atoms with E-state index in [1.54, 1.807) is 0 Å². The fraction of sp³-hybridized carbons (Fsp3) is 0.846. The van der Waals surface area contributed by atoms with Gasteiger partial charge in [-0.1, -0.05) is 19.0 Å². The number of nitrogens with zero attached hydrogens (tertiary/aromatic N) is 4. The average molecular weight is 267 g/mol. The molecule has 0 aliphatic carbocycles. The Hall–Kier alpha value is -1.14. The van der Waals surface area contributed by atoms with Crippen LogP contribution in [0.25, 0.3) is 0 Å². The van der Waals surface area contributed by atoms with Crippen LogP contribution in [0.5, 0.6) is 0 Å². The van der Waals surface area contributed by atoms with Crippen molar-refractivity contribution in [1.82, 2.24) is 19.9 Å². The molecule has 0 spiro atoms. The predicted molar refractivity (Wildman–Crippen MR) is 75.2 cm³/mol. The van der Waals surface area contributed by atoms with E-state index in [4.69, 9.17) is 4.52 Å². The van der Waals surface area contributed by atoms with Gasteiger partial charge in [-0.25, -0.2) is 0 Å². The van der Waals surface area contributed by atoms with Crippen molar-refractivity contribution < 1.29 is 4.52 Å². The van der Waals surface area contributed by atoms with Gasteiger partial charge in [-0.2, -0.15) is 4.98 Å². The molecule has 19 heavy (non-hydrogen) atoms. The van der Waals surface area contributed by atoms with Crippen molar-refractivity contribution in [2.45, 2.75) is 26.8 Å². The number of piperazine rings is 1. The summed E-state index contributed by atoms with van der Waals surface area (Å²) in [5.41, 5.74) is 0. The highest BCUT2D eigenvalue weighted by atomic mass is 16.5. The summed E-state index contributed by atoms with van der Waals surface area (Å²) in [4.78, 5) is 9.12. The number of likely N-dealkylation sites (N-methyl/N-ethyl adjacent to an activating group) is 1. The van der Waals surface area contributed by atoms with Gasteiger partial charge in [0.15, 0.2) is 5.82 Å². The molecule has 1 aromatic rings. The second-order valence-corrected chi connectivity index (χ2v) is 5.68. The van der Waals surface area contributed by atoms with Crippen molar-refractivity contribution in [1.29, 1.82) is 0 Å². The van der Waals surface area contributed by atoms with Crippen LogP contribution in [-0.4, -0.2) is 65.8 Å². The molecule has 108 valence electrons. The quantitative estimate of drug-likeness (QED) is 0.861. The molecule has 0 aromatic carbocycles. The van der Waals surface area contributed by atoms with E-state index >= 15 is 0 Å². The van der Waals surface area contributed by atoms with Gasteiger partial charge < -0.3 is 14.7 Å². The lowest BCUT2D eigenvalue weighted by molar-refractivity contribution is 0.0941. The molecule has 1 fully saturated rings. The Morgan fingerprint density at radius 2 is 1.95 bits per heavy atom. The lowest BCUT2D eigenvalue weighted by atomic mass is 10.0. The van der Waals surface area contributed by atoms with E-state index in [0.717, 1.165) is 32.7 Å². The van der Waals surface area contributed by atoms with E-state index in [0.29, 0.717) is 23.8 Å². The van der Waals surface area contributed by atoms with Crippen LogP contribution in [0.2, 0.25) is 0 Å². The Bertz CT molecular complexity index is 384. The molecule has 6 nitrogen and oxygen atoms in total. The molecular formula is C13H25N5O. The third kappa shape index (κ3) is 3.91. The molecular weight excluding hydrogens is 242 g/mol. The highest BCUT2D eigenvalue weighted by molar-refractivity contribution is 5.18. The third-order valence-electron chi connectivity index (χ3n) is 3.77. The zero-order valence-corrected chi connectivity index (χ0v) is 12.4. The highest BCUT2D eigenvalue weighted by Gasteiger charge is 2.25. The summed E-state index contributed by atoms with van der Waals surface area (Å²) >= 11 is 0. The number of aromatic nitrogens is 2. The van der Waals surface area contributed by atoms with E-state index in [-0.39, 0.29) is 0 Å². The zero-order chi connectivity index (χ0) is 13.8. The average Bonchev–Trinajstić information content (AvgIpc) is 2.77. The molecule has 0 saturated carbocycles. The van der Waals surface area contributed by atoms with Crippen molar-refractivity contribution in [2.24, 2.45) is 5.92 Å². The Kier molecular flexibility index (Phi) is 4.76. The van der Waals surface area contributed by atoms with E-state index in [1.165, 1.54) is 0 Å². The molecule has 2 rings (SSSR count). The van der Waals surface area contributed by atoms with Crippen LogP contribution < -0.4 is 5.32 Å². The van der Waals surface area contributed by atoms with Crippen molar-refractivity contribution >= 4 is 6.01 Å². The summed E-state index contributed by atoms with van der Waals surface area (Å²) in [5.74, 6) is 1.27. The lowest BCUT2D eigenvalue weighted by Crippen LogP contribution is -2.52. The van der Waals surface area contributed by atoms with Crippen LogP contribution in [-0.2, 0) is 0 Å². The Balaban J connectivity index is 1.89. The molecule has 0 radical (unpaired) electrons. The molecule has 2 heterocycles. The summed E-state index contributed by atoms with van der Waals surface area (Å²) in [5, 5.41) is 7.05. The minimum Gasteiger partial charge on any atom is -0.336 e. The molecule has 0 bridgehead atoms. The molecule has 0 amide bonds. The minimum atomic E-state index is 0.501. The third-order valence-corrected chi connectivity index (χ3v) is 3.77. The number of hydrogen-bond acceptors (Lipinski definition) is 6. The van der Waals surface area contributed by atoms with Crippen molar-refractivity contribution in [3.05, 3.63) is 5.82 Å². The Morgan fingerprint density at radius 3 is 2.47 bits per heavy atom. The minimum absolute atomic E-state index is 0.501. The number of nitrogens with one attached hydrogen (secondary N) is 1. The lowest BCUT2D eigenvalue weighted by Gasteiger charge is -2.39. The van der Waals surface area contributed by atoms with Crippen molar-refractivity contribution in [2.75, 3.05) is 45.1 Å². The maximum absolute atomic E-state index is 5.10. The number of rotatable bonds is 5. The van der Waals surface area contributed by atoms with Crippen LogP contribution in [0.3, 0.4) is 0 Å². The summed E-state index contributed by atoms with van der Waals surface area (Å²) < 4.78 is 5.10. The second kappa shape index (κ2) is 6.34. The molecule has 1 aliphatic heterocycles.